The minimum atomic E-state index is -0.289. The third-order valence-electron chi connectivity index (χ3n) is 5.31. The Morgan fingerprint density at radius 2 is 1.61 bits per heavy atom. The Morgan fingerprint density at radius 1 is 0.929 bits per heavy atom. The summed E-state index contributed by atoms with van der Waals surface area (Å²) < 4.78 is 7.05. The number of fused-ring (bicyclic) bond motifs is 2. The molecule has 5 heteroatoms. The second-order valence-electron chi connectivity index (χ2n) is 6.88. The van der Waals surface area contributed by atoms with Crippen molar-refractivity contribution in [3.63, 3.8) is 0 Å². The zero-order valence-electron chi connectivity index (χ0n) is 15.4. The molecule has 0 atom stereocenters. The van der Waals surface area contributed by atoms with Crippen LogP contribution in [0.1, 0.15) is 38.4 Å². The Kier molecular flexibility index (Phi) is 3.69. The van der Waals surface area contributed by atoms with Crippen LogP contribution in [0.3, 0.4) is 0 Å². The molecule has 0 unspecified atom stereocenters. The lowest BCUT2D eigenvalue weighted by Crippen LogP contribution is -2.41. The van der Waals surface area contributed by atoms with Crippen LogP contribution in [0.25, 0.3) is 17.3 Å². The molecule has 0 spiro atoms. The summed E-state index contributed by atoms with van der Waals surface area (Å²) in [4.78, 5) is 26.2. The van der Waals surface area contributed by atoms with E-state index >= 15 is 0 Å². The normalized spacial score (nSPS) is 15.0. The predicted molar refractivity (Wildman–Crippen MR) is 107 cm³/mol. The number of ether oxygens (including phenoxy) is 1. The summed E-state index contributed by atoms with van der Waals surface area (Å²) in [6, 6.07) is 16.7. The van der Waals surface area contributed by atoms with Gasteiger partial charge in [-0.2, -0.15) is 5.01 Å². The minimum Gasteiger partial charge on any atom is -0.497 e. The Balaban J connectivity index is 1.71. The van der Waals surface area contributed by atoms with Crippen LogP contribution in [-0.2, 0) is 6.42 Å². The van der Waals surface area contributed by atoms with Gasteiger partial charge in [-0.15, -0.1) is 0 Å². The van der Waals surface area contributed by atoms with Gasteiger partial charge in [-0.25, -0.2) is 4.68 Å². The van der Waals surface area contributed by atoms with E-state index in [-0.39, 0.29) is 11.8 Å². The van der Waals surface area contributed by atoms with E-state index < -0.39 is 0 Å². The molecule has 3 aromatic rings. The number of hydrogen-bond acceptors (Lipinski definition) is 3. The van der Waals surface area contributed by atoms with E-state index in [2.05, 4.69) is 12.2 Å². The largest absolute Gasteiger partial charge is 0.497 e. The molecule has 138 valence electrons. The van der Waals surface area contributed by atoms with Crippen molar-refractivity contribution in [2.45, 2.75) is 12.8 Å². The fourth-order valence-electron chi connectivity index (χ4n) is 3.94. The van der Waals surface area contributed by atoms with Crippen LogP contribution in [0.15, 0.2) is 60.7 Å². The van der Waals surface area contributed by atoms with Crippen LogP contribution in [0.2, 0.25) is 0 Å². The SMILES string of the molecule is COc1ccc(-c2cc3c(n2N2C(=O)c4ccccc4C2=O)CCC=C3)cc1. The first-order chi connectivity index (χ1) is 13.7. The number of amides is 2. The molecule has 0 radical (unpaired) electrons. The molecule has 2 aromatic carbocycles. The number of aromatic nitrogens is 1. The quantitative estimate of drug-likeness (QED) is 0.654. The molecule has 1 aliphatic heterocycles. The first-order valence-corrected chi connectivity index (χ1v) is 9.22. The Bertz CT molecular complexity index is 1100. The Labute approximate surface area is 162 Å². The summed E-state index contributed by atoms with van der Waals surface area (Å²) in [6.45, 7) is 0. The van der Waals surface area contributed by atoms with Crippen LogP contribution in [0.5, 0.6) is 5.75 Å². The lowest BCUT2D eigenvalue weighted by atomic mass is 10.1. The van der Waals surface area contributed by atoms with Crippen LogP contribution >= 0.6 is 0 Å². The third kappa shape index (κ3) is 2.33. The summed E-state index contributed by atoms with van der Waals surface area (Å²) in [5, 5.41) is 1.28. The Morgan fingerprint density at radius 3 is 2.25 bits per heavy atom. The smallest absolute Gasteiger partial charge is 0.281 e. The van der Waals surface area contributed by atoms with Gasteiger partial charge < -0.3 is 4.74 Å². The van der Waals surface area contributed by atoms with Crippen molar-refractivity contribution in [3.05, 3.63) is 83.1 Å². The minimum absolute atomic E-state index is 0.289. The molecular formula is C23H18N2O3. The average molecular weight is 370 g/mol. The standard InChI is InChI=1S/C23H18N2O3/c1-28-17-12-10-15(11-13-17)21-14-16-6-2-5-9-20(16)24(21)25-22(26)18-7-3-4-8-19(18)23(25)27/h2-4,6-8,10-14H,5,9H2,1H3. The van der Waals surface area contributed by atoms with E-state index in [1.807, 2.05) is 30.3 Å². The Hall–Kier alpha value is -3.60. The van der Waals surface area contributed by atoms with Gasteiger partial charge >= 0.3 is 0 Å². The van der Waals surface area contributed by atoms with E-state index in [0.29, 0.717) is 11.1 Å². The molecule has 0 saturated heterocycles. The van der Waals surface area contributed by atoms with E-state index in [0.717, 1.165) is 41.1 Å². The number of methoxy groups -OCH3 is 1. The number of rotatable bonds is 3. The van der Waals surface area contributed by atoms with Gasteiger partial charge in [-0.3, -0.25) is 9.59 Å². The van der Waals surface area contributed by atoms with Crippen LogP contribution in [0.4, 0.5) is 0 Å². The molecule has 28 heavy (non-hydrogen) atoms. The molecule has 2 amide bonds. The zero-order chi connectivity index (χ0) is 19.3. The molecule has 0 saturated carbocycles. The molecule has 0 fully saturated rings. The number of carbonyl (C=O) groups is 2. The third-order valence-corrected chi connectivity index (χ3v) is 5.31. The summed E-state index contributed by atoms with van der Waals surface area (Å²) >= 11 is 0. The second-order valence-corrected chi connectivity index (χ2v) is 6.88. The highest BCUT2D eigenvalue weighted by Crippen LogP contribution is 2.34. The van der Waals surface area contributed by atoms with Gasteiger partial charge in [0, 0.05) is 11.3 Å². The number of hydrogen-bond donors (Lipinski definition) is 0. The number of allylic oxidation sites excluding steroid dienone is 1. The van der Waals surface area contributed by atoms with Crippen LogP contribution in [0, 0.1) is 0 Å². The number of benzene rings is 2. The molecular weight excluding hydrogens is 352 g/mol. The predicted octanol–water partition coefficient (Wildman–Crippen LogP) is 4.06. The van der Waals surface area contributed by atoms with E-state index in [1.165, 1.54) is 5.01 Å². The topological polar surface area (TPSA) is 51.5 Å². The number of nitrogens with zero attached hydrogens (tertiary/aromatic N) is 2. The fourth-order valence-corrected chi connectivity index (χ4v) is 3.94. The van der Waals surface area contributed by atoms with Gasteiger partial charge in [0.25, 0.3) is 11.8 Å². The van der Waals surface area contributed by atoms with E-state index in [1.54, 1.807) is 36.1 Å². The molecule has 1 aliphatic carbocycles. The first kappa shape index (κ1) is 16.6. The highest BCUT2D eigenvalue weighted by Gasteiger charge is 2.39. The average Bonchev–Trinajstić information content (AvgIpc) is 3.24. The highest BCUT2D eigenvalue weighted by atomic mass is 16.5. The zero-order valence-corrected chi connectivity index (χ0v) is 15.4. The van der Waals surface area contributed by atoms with Crippen molar-refractivity contribution in [3.8, 4) is 17.0 Å². The second kappa shape index (κ2) is 6.23. The van der Waals surface area contributed by atoms with Gasteiger partial charge in [0.2, 0.25) is 0 Å². The maximum Gasteiger partial charge on any atom is 0.281 e. The molecule has 5 rings (SSSR count). The molecule has 2 heterocycles. The molecule has 5 nitrogen and oxygen atoms in total. The van der Waals surface area contributed by atoms with Gasteiger partial charge in [0.05, 0.1) is 23.9 Å². The highest BCUT2D eigenvalue weighted by molar-refractivity contribution is 6.30. The number of carbonyl (C=O) groups excluding carboxylic acids is 2. The lowest BCUT2D eigenvalue weighted by Gasteiger charge is -2.23. The van der Waals surface area contributed by atoms with Crippen molar-refractivity contribution < 1.29 is 14.3 Å². The van der Waals surface area contributed by atoms with Gasteiger partial charge in [-0.1, -0.05) is 24.3 Å². The van der Waals surface area contributed by atoms with Crippen molar-refractivity contribution in [1.29, 1.82) is 0 Å². The van der Waals surface area contributed by atoms with E-state index in [9.17, 15) is 9.59 Å². The van der Waals surface area contributed by atoms with Crippen molar-refractivity contribution in [2.75, 3.05) is 12.1 Å². The number of imide groups is 1. The van der Waals surface area contributed by atoms with Crippen LogP contribution in [-0.4, -0.2) is 23.6 Å². The van der Waals surface area contributed by atoms with Gasteiger partial charge in [-0.05, 0) is 60.9 Å². The summed E-state index contributed by atoms with van der Waals surface area (Å²) in [5.41, 5.74) is 4.63. The van der Waals surface area contributed by atoms with E-state index in [4.69, 9.17) is 4.74 Å². The fraction of sp³-hybridized carbons (Fsp3) is 0.130. The lowest BCUT2D eigenvalue weighted by molar-refractivity contribution is 0.0885. The molecule has 1 aromatic heterocycles. The van der Waals surface area contributed by atoms with Crippen molar-refractivity contribution >= 4 is 17.9 Å². The molecule has 0 bridgehead atoms. The monoisotopic (exact) mass is 370 g/mol. The molecule has 2 aliphatic rings. The summed E-state index contributed by atoms with van der Waals surface area (Å²) in [5.74, 6) is 0.180. The van der Waals surface area contributed by atoms with Crippen molar-refractivity contribution in [2.24, 2.45) is 0 Å². The summed E-state index contributed by atoms with van der Waals surface area (Å²) in [7, 11) is 1.62. The van der Waals surface area contributed by atoms with Gasteiger partial charge in [0.1, 0.15) is 5.75 Å². The van der Waals surface area contributed by atoms with Crippen molar-refractivity contribution in [1.82, 2.24) is 4.68 Å². The molecule has 0 N–H and O–H groups in total. The van der Waals surface area contributed by atoms with Crippen LogP contribution < -0.4 is 9.75 Å². The maximum absolute atomic E-state index is 13.1. The van der Waals surface area contributed by atoms with Gasteiger partial charge in [0.15, 0.2) is 0 Å². The first-order valence-electron chi connectivity index (χ1n) is 9.22. The summed E-state index contributed by atoms with van der Waals surface area (Å²) in [6.07, 6.45) is 5.82. The maximum atomic E-state index is 13.1.